The first-order chi connectivity index (χ1) is 9.10. The van der Waals surface area contributed by atoms with Crippen LogP contribution in [0.15, 0.2) is 42.5 Å². The summed E-state index contributed by atoms with van der Waals surface area (Å²) in [6.45, 7) is 0. The van der Waals surface area contributed by atoms with E-state index >= 15 is 0 Å². The maximum Gasteiger partial charge on any atom is 0.307 e. The van der Waals surface area contributed by atoms with Crippen LogP contribution in [0, 0.1) is 5.82 Å². The highest BCUT2D eigenvalue weighted by atomic mass is 19.1. The number of hydrogen-bond donors (Lipinski definition) is 1. The Morgan fingerprint density at radius 3 is 2.42 bits per heavy atom. The number of ether oxygens (including phenoxy) is 1. The van der Waals surface area contributed by atoms with Gasteiger partial charge in [-0.25, -0.2) is 4.39 Å². The third-order valence-electron chi connectivity index (χ3n) is 2.79. The summed E-state index contributed by atoms with van der Waals surface area (Å²) in [6.07, 6.45) is -0.181. The second-order valence-electron chi connectivity index (χ2n) is 4.11. The fourth-order valence-corrected chi connectivity index (χ4v) is 1.85. The first-order valence-electron chi connectivity index (χ1n) is 5.75. The van der Waals surface area contributed by atoms with Gasteiger partial charge in [0, 0.05) is 5.56 Å². The number of carbonyl (C=O) groups is 1. The van der Waals surface area contributed by atoms with Crippen LogP contribution in [0.5, 0.6) is 5.75 Å². The molecule has 0 atom stereocenters. The van der Waals surface area contributed by atoms with Crippen LogP contribution in [0.25, 0.3) is 11.1 Å². The largest absolute Gasteiger partial charge is 0.497 e. The fourth-order valence-electron chi connectivity index (χ4n) is 1.85. The molecule has 2 aromatic rings. The first-order valence-corrected chi connectivity index (χ1v) is 5.75. The Balaban J connectivity index is 2.31. The van der Waals surface area contributed by atoms with E-state index in [0.29, 0.717) is 16.9 Å². The average Bonchev–Trinajstić information content (AvgIpc) is 2.38. The average molecular weight is 260 g/mol. The maximum atomic E-state index is 13.9. The molecule has 1 N–H and O–H groups in total. The molecule has 98 valence electrons. The highest BCUT2D eigenvalue weighted by Crippen LogP contribution is 2.25. The Kier molecular flexibility index (Phi) is 3.80. The van der Waals surface area contributed by atoms with Gasteiger partial charge in [-0.05, 0) is 29.3 Å². The molecule has 0 saturated heterocycles. The number of benzene rings is 2. The molecule has 0 aliphatic rings. The standard InChI is InChI=1S/C15H13FO3/c1-19-12-5-3-11(4-6-12)13-7-2-10(8-14(13)16)9-15(17)18/h2-8H,9H2,1H3,(H,17,18). The lowest BCUT2D eigenvalue weighted by Crippen LogP contribution is -2.00. The van der Waals surface area contributed by atoms with Crippen molar-refractivity contribution in [2.75, 3.05) is 7.11 Å². The zero-order valence-electron chi connectivity index (χ0n) is 10.4. The molecule has 4 heteroatoms. The Hall–Kier alpha value is -2.36. The van der Waals surface area contributed by atoms with Gasteiger partial charge >= 0.3 is 5.97 Å². The second kappa shape index (κ2) is 5.52. The predicted molar refractivity (Wildman–Crippen MR) is 69.7 cm³/mol. The molecule has 0 spiro atoms. The van der Waals surface area contributed by atoms with Gasteiger partial charge in [-0.3, -0.25) is 4.79 Å². The van der Waals surface area contributed by atoms with Gasteiger partial charge in [-0.2, -0.15) is 0 Å². The Morgan fingerprint density at radius 1 is 1.21 bits per heavy atom. The van der Waals surface area contributed by atoms with Crippen molar-refractivity contribution in [1.29, 1.82) is 0 Å². The third-order valence-corrected chi connectivity index (χ3v) is 2.79. The van der Waals surface area contributed by atoms with Crippen LogP contribution in [0.4, 0.5) is 4.39 Å². The van der Waals surface area contributed by atoms with E-state index in [-0.39, 0.29) is 6.42 Å². The summed E-state index contributed by atoms with van der Waals surface area (Å²) in [5.41, 5.74) is 1.61. The van der Waals surface area contributed by atoms with Crippen LogP contribution in [0.3, 0.4) is 0 Å². The number of methoxy groups -OCH3 is 1. The van der Waals surface area contributed by atoms with Crippen molar-refractivity contribution in [2.45, 2.75) is 6.42 Å². The minimum atomic E-state index is -0.975. The van der Waals surface area contributed by atoms with Crippen molar-refractivity contribution in [1.82, 2.24) is 0 Å². The van der Waals surface area contributed by atoms with Gasteiger partial charge < -0.3 is 9.84 Å². The van der Waals surface area contributed by atoms with Gasteiger partial charge in [-0.1, -0.05) is 24.3 Å². The van der Waals surface area contributed by atoms with E-state index in [9.17, 15) is 9.18 Å². The highest BCUT2D eigenvalue weighted by molar-refractivity contribution is 5.71. The smallest absolute Gasteiger partial charge is 0.307 e. The third kappa shape index (κ3) is 3.10. The van der Waals surface area contributed by atoms with Gasteiger partial charge in [0.15, 0.2) is 0 Å². The van der Waals surface area contributed by atoms with E-state index < -0.39 is 11.8 Å². The number of rotatable bonds is 4. The van der Waals surface area contributed by atoms with Crippen molar-refractivity contribution >= 4 is 5.97 Å². The van der Waals surface area contributed by atoms with Crippen LogP contribution < -0.4 is 4.74 Å². The number of carboxylic acid groups (broad SMARTS) is 1. The van der Waals surface area contributed by atoms with Gasteiger partial charge in [0.1, 0.15) is 11.6 Å². The molecule has 19 heavy (non-hydrogen) atoms. The lowest BCUT2D eigenvalue weighted by molar-refractivity contribution is -0.136. The summed E-state index contributed by atoms with van der Waals surface area (Å²) in [6, 6.07) is 11.5. The molecule has 0 unspecified atom stereocenters. The lowest BCUT2D eigenvalue weighted by atomic mass is 10.0. The molecule has 2 rings (SSSR count). The second-order valence-corrected chi connectivity index (χ2v) is 4.11. The van der Waals surface area contributed by atoms with Gasteiger partial charge in [0.2, 0.25) is 0 Å². The Bertz CT molecular complexity index is 591. The summed E-state index contributed by atoms with van der Waals surface area (Å²) in [4.78, 5) is 10.6. The van der Waals surface area contributed by atoms with Crippen LogP contribution >= 0.6 is 0 Å². The van der Waals surface area contributed by atoms with E-state index in [1.807, 2.05) is 0 Å². The molecular weight excluding hydrogens is 247 g/mol. The monoisotopic (exact) mass is 260 g/mol. The molecule has 0 amide bonds. The topological polar surface area (TPSA) is 46.5 Å². The summed E-state index contributed by atoms with van der Waals surface area (Å²) < 4.78 is 19.0. The van der Waals surface area contributed by atoms with E-state index in [4.69, 9.17) is 9.84 Å². The SMILES string of the molecule is COc1ccc(-c2ccc(CC(=O)O)cc2F)cc1. The fraction of sp³-hybridized carbons (Fsp3) is 0.133. The Labute approximate surface area is 110 Å². The summed E-state index contributed by atoms with van der Waals surface area (Å²) >= 11 is 0. The molecule has 2 aromatic carbocycles. The molecule has 0 bridgehead atoms. The molecule has 0 aliphatic carbocycles. The molecule has 0 radical (unpaired) electrons. The van der Waals surface area contributed by atoms with Crippen LogP contribution in [-0.2, 0) is 11.2 Å². The zero-order valence-corrected chi connectivity index (χ0v) is 10.4. The van der Waals surface area contributed by atoms with Gasteiger partial charge in [-0.15, -0.1) is 0 Å². The number of halogens is 1. The summed E-state index contributed by atoms with van der Waals surface area (Å²) in [5, 5.41) is 8.67. The van der Waals surface area contributed by atoms with Crippen molar-refractivity contribution < 1.29 is 19.0 Å². The van der Waals surface area contributed by atoms with Gasteiger partial charge in [0.25, 0.3) is 0 Å². The first kappa shape index (κ1) is 13.1. The minimum absolute atomic E-state index is 0.181. The van der Waals surface area contributed by atoms with E-state index in [0.717, 1.165) is 5.56 Å². The molecule has 0 aliphatic heterocycles. The normalized spacial score (nSPS) is 10.2. The van der Waals surface area contributed by atoms with E-state index in [2.05, 4.69) is 0 Å². The number of aliphatic carboxylic acids is 1. The molecular formula is C15H13FO3. The van der Waals surface area contributed by atoms with Crippen LogP contribution in [-0.4, -0.2) is 18.2 Å². The van der Waals surface area contributed by atoms with Gasteiger partial charge in [0.05, 0.1) is 13.5 Å². The number of hydrogen-bond acceptors (Lipinski definition) is 2. The van der Waals surface area contributed by atoms with Crippen molar-refractivity contribution in [3.8, 4) is 16.9 Å². The van der Waals surface area contributed by atoms with Crippen molar-refractivity contribution in [3.05, 3.63) is 53.8 Å². The van der Waals surface area contributed by atoms with Crippen LogP contribution in [0.1, 0.15) is 5.56 Å². The zero-order chi connectivity index (χ0) is 13.8. The van der Waals surface area contributed by atoms with Crippen LogP contribution in [0.2, 0.25) is 0 Å². The predicted octanol–water partition coefficient (Wildman–Crippen LogP) is 3.13. The minimum Gasteiger partial charge on any atom is -0.497 e. The van der Waals surface area contributed by atoms with Crippen molar-refractivity contribution in [3.63, 3.8) is 0 Å². The molecule has 0 saturated carbocycles. The molecule has 0 fully saturated rings. The Morgan fingerprint density at radius 2 is 1.89 bits per heavy atom. The lowest BCUT2D eigenvalue weighted by Gasteiger charge is -2.06. The van der Waals surface area contributed by atoms with E-state index in [1.54, 1.807) is 43.5 Å². The van der Waals surface area contributed by atoms with E-state index in [1.165, 1.54) is 6.07 Å². The summed E-state index contributed by atoms with van der Waals surface area (Å²) in [7, 11) is 1.57. The molecule has 0 heterocycles. The quantitative estimate of drug-likeness (QED) is 0.918. The molecule has 3 nitrogen and oxygen atoms in total. The van der Waals surface area contributed by atoms with Crippen molar-refractivity contribution in [2.24, 2.45) is 0 Å². The maximum absolute atomic E-state index is 13.9. The molecule has 0 aromatic heterocycles. The highest BCUT2D eigenvalue weighted by Gasteiger charge is 2.08. The number of carboxylic acids is 1. The summed E-state index contributed by atoms with van der Waals surface area (Å²) in [5.74, 6) is -0.702.